The van der Waals surface area contributed by atoms with Gasteiger partial charge in [-0.05, 0) is 50.3 Å². The number of fused-ring (bicyclic) bond motifs is 1. The van der Waals surface area contributed by atoms with Crippen molar-refractivity contribution in [3.8, 4) is 17.0 Å². The normalized spacial score (nSPS) is 11.6. The minimum Gasteiger partial charge on any atom is -0.476 e. The Labute approximate surface area is 209 Å². The summed E-state index contributed by atoms with van der Waals surface area (Å²) in [7, 11) is -2.69. The topological polar surface area (TPSA) is 115 Å². The molecule has 0 atom stereocenters. The van der Waals surface area contributed by atoms with Crippen LogP contribution < -0.4 is 20.3 Å². The Morgan fingerprint density at radius 3 is 2.64 bits per heavy atom. The Morgan fingerprint density at radius 1 is 1.08 bits per heavy atom. The molecule has 0 bridgehead atoms. The van der Waals surface area contributed by atoms with Gasteiger partial charge in [-0.15, -0.1) is 0 Å². The average Bonchev–Trinajstić information content (AvgIpc) is 2.84. The molecule has 0 aliphatic heterocycles. The van der Waals surface area contributed by atoms with Crippen molar-refractivity contribution < 1.29 is 21.9 Å². The monoisotopic (exact) mass is 535 g/mol. The molecule has 0 spiro atoms. The van der Waals surface area contributed by atoms with Gasteiger partial charge in [-0.2, -0.15) is 0 Å². The third kappa shape index (κ3) is 5.45. The van der Waals surface area contributed by atoms with Crippen LogP contribution in [0.3, 0.4) is 0 Å². The number of benzene rings is 1. The maximum absolute atomic E-state index is 14.2. The number of anilines is 1. The summed E-state index contributed by atoms with van der Waals surface area (Å²) in [4.78, 5) is 20.0. The molecule has 0 fully saturated rings. The number of aromatic nitrogens is 3. The van der Waals surface area contributed by atoms with E-state index in [1.807, 2.05) is 0 Å². The average molecular weight is 536 g/mol. The molecule has 0 amide bonds. The van der Waals surface area contributed by atoms with Crippen LogP contribution >= 0.6 is 11.6 Å². The molecule has 13 heteroatoms. The molecular weight excluding hydrogens is 516 g/mol. The molecule has 1 aromatic carbocycles. The van der Waals surface area contributed by atoms with Gasteiger partial charge in [-0.25, -0.2) is 27.2 Å². The Morgan fingerprint density at radius 2 is 1.89 bits per heavy atom. The van der Waals surface area contributed by atoms with Gasteiger partial charge in [0, 0.05) is 29.6 Å². The molecule has 0 unspecified atom stereocenters. The highest BCUT2D eigenvalue weighted by molar-refractivity contribution is 7.92. The van der Waals surface area contributed by atoms with E-state index in [4.69, 9.17) is 16.3 Å². The van der Waals surface area contributed by atoms with Crippen molar-refractivity contribution in [2.24, 2.45) is 0 Å². The van der Waals surface area contributed by atoms with Gasteiger partial charge in [0.25, 0.3) is 15.6 Å². The molecule has 2 N–H and O–H groups in total. The number of hydrogen-bond donors (Lipinski definition) is 2. The maximum atomic E-state index is 14.2. The van der Waals surface area contributed by atoms with E-state index >= 15 is 0 Å². The fourth-order valence-corrected chi connectivity index (χ4v) is 4.58. The van der Waals surface area contributed by atoms with Gasteiger partial charge in [0.15, 0.2) is 0 Å². The van der Waals surface area contributed by atoms with Crippen molar-refractivity contribution in [2.75, 3.05) is 24.9 Å². The summed E-state index contributed by atoms with van der Waals surface area (Å²) in [6, 6.07) is 6.83. The van der Waals surface area contributed by atoms with E-state index in [0.29, 0.717) is 35.8 Å². The number of nitrogens with one attached hydrogen (secondary N) is 2. The Kier molecular flexibility index (Phi) is 7.48. The summed E-state index contributed by atoms with van der Waals surface area (Å²) in [6.45, 7) is 0.880. The molecule has 36 heavy (non-hydrogen) atoms. The minimum atomic E-state index is -4.47. The van der Waals surface area contributed by atoms with Crippen molar-refractivity contribution in [3.05, 3.63) is 82.0 Å². The highest BCUT2D eigenvalue weighted by Crippen LogP contribution is 2.31. The fraction of sp³-hybridized carbons (Fsp3) is 0.174. The predicted molar refractivity (Wildman–Crippen MR) is 131 cm³/mol. The first-order valence-electron chi connectivity index (χ1n) is 10.6. The molecule has 0 aliphatic carbocycles. The van der Waals surface area contributed by atoms with E-state index in [1.54, 1.807) is 19.2 Å². The Hall–Kier alpha value is -3.61. The number of nitrogens with zero attached hydrogens (tertiary/aromatic N) is 3. The van der Waals surface area contributed by atoms with Crippen LogP contribution in [0.4, 0.5) is 14.5 Å². The first-order chi connectivity index (χ1) is 17.2. The Bertz CT molecular complexity index is 1600. The number of sulfonamides is 1. The number of hydrogen-bond acceptors (Lipinski definition) is 7. The van der Waals surface area contributed by atoms with Crippen molar-refractivity contribution in [1.82, 2.24) is 19.7 Å². The molecule has 4 rings (SSSR count). The highest BCUT2D eigenvalue weighted by atomic mass is 35.5. The van der Waals surface area contributed by atoms with E-state index in [2.05, 4.69) is 20.0 Å². The van der Waals surface area contributed by atoms with Crippen LogP contribution in [0.25, 0.3) is 16.8 Å². The number of pyridine rings is 2. The van der Waals surface area contributed by atoms with Crippen molar-refractivity contribution >= 4 is 33.0 Å². The highest BCUT2D eigenvalue weighted by Gasteiger charge is 2.22. The number of ether oxygens (including phenoxy) is 1. The Balaban J connectivity index is 1.76. The van der Waals surface area contributed by atoms with Gasteiger partial charge < -0.3 is 10.1 Å². The second kappa shape index (κ2) is 10.6. The van der Waals surface area contributed by atoms with E-state index in [0.717, 1.165) is 12.1 Å². The summed E-state index contributed by atoms with van der Waals surface area (Å²) in [5.74, 6) is -2.20. The van der Waals surface area contributed by atoms with Crippen LogP contribution in [-0.2, 0) is 10.0 Å². The minimum absolute atomic E-state index is 0.0383. The lowest BCUT2D eigenvalue weighted by atomic mass is 10.1. The lowest BCUT2D eigenvalue weighted by Crippen LogP contribution is -2.17. The molecule has 3 aromatic heterocycles. The van der Waals surface area contributed by atoms with Gasteiger partial charge in [0.05, 0.1) is 12.8 Å². The lowest BCUT2D eigenvalue weighted by molar-refractivity contribution is 0.300. The molecule has 0 saturated carbocycles. The van der Waals surface area contributed by atoms with E-state index in [1.165, 1.54) is 29.1 Å². The van der Waals surface area contributed by atoms with Crippen LogP contribution in [0, 0.1) is 11.6 Å². The summed E-state index contributed by atoms with van der Waals surface area (Å²) in [5.41, 5.74) is 0.726. The molecule has 4 aromatic rings. The third-order valence-corrected chi connectivity index (χ3v) is 6.74. The fourth-order valence-electron chi connectivity index (χ4n) is 3.33. The quantitative estimate of drug-likeness (QED) is 0.315. The van der Waals surface area contributed by atoms with E-state index in [9.17, 15) is 22.0 Å². The number of halogens is 3. The van der Waals surface area contributed by atoms with Gasteiger partial charge in [-0.3, -0.25) is 13.9 Å². The zero-order valence-corrected chi connectivity index (χ0v) is 20.4. The lowest BCUT2D eigenvalue weighted by Gasteiger charge is -2.15. The van der Waals surface area contributed by atoms with Crippen molar-refractivity contribution in [1.29, 1.82) is 0 Å². The van der Waals surface area contributed by atoms with E-state index < -0.39 is 32.1 Å². The maximum Gasteiger partial charge on any atom is 0.276 e. The van der Waals surface area contributed by atoms with Crippen LogP contribution in [0.2, 0.25) is 5.02 Å². The molecule has 0 radical (unpaired) electrons. The molecular formula is C23H20ClF2N5O4S. The smallest absolute Gasteiger partial charge is 0.276 e. The number of rotatable bonds is 9. The zero-order valence-electron chi connectivity index (χ0n) is 18.8. The van der Waals surface area contributed by atoms with E-state index in [-0.39, 0.29) is 23.2 Å². The van der Waals surface area contributed by atoms with Crippen LogP contribution in [-0.4, -0.2) is 43.0 Å². The van der Waals surface area contributed by atoms with Gasteiger partial charge in [0.2, 0.25) is 5.88 Å². The molecule has 9 nitrogen and oxygen atoms in total. The van der Waals surface area contributed by atoms with Crippen LogP contribution in [0.1, 0.15) is 6.42 Å². The summed E-state index contributed by atoms with van der Waals surface area (Å²) < 4.78 is 62.6. The van der Waals surface area contributed by atoms with Gasteiger partial charge in [-0.1, -0.05) is 11.6 Å². The predicted octanol–water partition coefficient (Wildman–Crippen LogP) is 3.48. The van der Waals surface area contributed by atoms with Gasteiger partial charge >= 0.3 is 0 Å². The first-order valence-corrected chi connectivity index (χ1v) is 12.5. The van der Waals surface area contributed by atoms with Gasteiger partial charge in [0.1, 0.15) is 32.9 Å². The zero-order chi connectivity index (χ0) is 25.9. The SMILES string of the molecule is CNCCCOc1ncc(-c2ccc3ncc(Cl)c(=O)n3c2)cc1NS(=O)(=O)c1ccc(F)cc1F. The van der Waals surface area contributed by atoms with Crippen molar-refractivity contribution in [2.45, 2.75) is 11.3 Å². The molecule has 0 saturated heterocycles. The summed E-state index contributed by atoms with van der Waals surface area (Å²) >= 11 is 5.90. The first kappa shape index (κ1) is 25.5. The second-order valence-electron chi connectivity index (χ2n) is 7.62. The van der Waals surface area contributed by atoms with Crippen molar-refractivity contribution in [3.63, 3.8) is 0 Å². The molecule has 3 heterocycles. The molecule has 0 aliphatic rings. The van der Waals surface area contributed by atoms with Crippen LogP contribution in [0.15, 0.2) is 64.7 Å². The standard InChI is InChI=1S/C23H20ClF2N5O4S/c1-27-7-2-8-35-22-19(30-36(33,34)20-5-4-16(25)10-18(20)26)9-15(11-29-22)14-3-6-21-28-12-17(24)23(32)31(21)13-14/h3-6,9-13,27,30H,2,7-8H2,1H3. The second-order valence-corrected chi connectivity index (χ2v) is 9.68. The van der Waals surface area contributed by atoms with Crippen LogP contribution in [0.5, 0.6) is 5.88 Å². The third-order valence-electron chi connectivity index (χ3n) is 5.08. The molecule has 188 valence electrons. The summed E-state index contributed by atoms with van der Waals surface area (Å²) in [6.07, 6.45) is 4.79. The largest absolute Gasteiger partial charge is 0.476 e. The summed E-state index contributed by atoms with van der Waals surface area (Å²) in [5, 5.41) is 2.90.